The van der Waals surface area contributed by atoms with Gasteiger partial charge in [-0.2, -0.15) is 18.3 Å². The Balaban J connectivity index is 1.17. The van der Waals surface area contributed by atoms with Gasteiger partial charge in [-0.25, -0.2) is 0 Å². The van der Waals surface area contributed by atoms with E-state index in [1.807, 2.05) is 29.2 Å². The van der Waals surface area contributed by atoms with E-state index in [2.05, 4.69) is 21.6 Å². The number of aromatic amines is 1. The zero-order valence-corrected chi connectivity index (χ0v) is 20.6. The van der Waals surface area contributed by atoms with Crippen molar-refractivity contribution in [1.29, 1.82) is 0 Å². The molecule has 1 aromatic heterocycles. The Hall–Kier alpha value is -3.85. The number of carbonyl (C=O) groups excluding carboxylic acids is 1. The van der Waals surface area contributed by atoms with E-state index >= 15 is 0 Å². The number of nitrogens with zero attached hydrogens (tertiary/aromatic N) is 2. The number of likely N-dealkylation sites (tertiary alicyclic amines) is 1. The number of aromatic nitrogens is 2. The van der Waals surface area contributed by atoms with E-state index in [4.69, 9.17) is 4.74 Å². The van der Waals surface area contributed by atoms with Crippen LogP contribution in [0.1, 0.15) is 39.9 Å². The molecule has 0 saturated carbocycles. The molecule has 6 nitrogen and oxygen atoms in total. The first kappa shape index (κ1) is 24.5. The van der Waals surface area contributed by atoms with E-state index in [1.54, 1.807) is 12.1 Å². The lowest BCUT2D eigenvalue weighted by Crippen LogP contribution is -2.47. The topological polar surface area (TPSA) is 70.2 Å². The molecule has 38 heavy (non-hydrogen) atoms. The molecule has 0 bridgehead atoms. The lowest BCUT2D eigenvalue weighted by atomic mass is 10.0. The molecule has 3 aromatic carbocycles. The van der Waals surface area contributed by atoms with Gasteiger partial charge in [0.1, 0.15) is 5.75 Å². The van der Waals surface area contributed by atoms with Crippen molar-refractivity contribution in [2.24, 2.45) is 0 Å². The van der Waals surface area contributed by atoms with Crippen molar-refractivity contribution in [1.82, 2.24) is 20.4 Å². The third kappa shape index (κ3) is 4.86. The highest BCUT2D eigenvalue weighted by atomic mass is 19.4. The third-order valence-corrected chi connectivity index (χ3v) is 7.35. The molecule has 9 heteroatoms. The monoisotopic (exact) mass is 520 g/mol. The molecule has 0 unspecified atom stereocenters. The first-order chi connectivity index (χ1) is 18.3. The fraction of sp³-hybridized carbons (Fsp3) is 0.310. The number of hydrogen-bond acceptors (Lipinski definition) is 4. The quantitative estimate of drug-likeness (QED) is 0.361. The van der Waals surface area contributed by atoms with Gasteiger partial charge in [0, 0.05) is 42.1 Å². The standard InChI is InChI=1S/C29H27F3N4O2/c30-29(31,32)24-6-2-1-4-21(24)16-36-12-3-5-22(17-36)33-28(37)20-7-9-25-23(15-20)27(35-34-25)19-8-10-26-18(14-19)11-13-38-26/h1-2,4,6-10,14-15,22H,3,5,11-13,16-17H2,(H,33,37)(H,34,35)/t22-/m1/s1. The maximum atomic E-state index is 13.4. The van der Waals surface area contributed by atoms with Gasteiger partial charge in [0.25, 0.3) is 5.91 Å². The van der Waals surface area contributed by atoms with Crippen LogP contribution in [-0.2, 0) is 19.1 Å². The molecule has 196 valence electrons. The second kappa shape index (κ2) is 9.79. The molecular formula is C29H27F3N4O2. The molecule has 1 amide bonds. The highest BCUT2D eigenvalue weighted by molar-refractivity contribution is 6.01. The maximum absolute atomic E-state index is 13.4. The van der Waals surface area contributed by atoms with Crippen LogP contribution < -0.4 is 10.1 Å². The van der Waals surface area contributed by atoms with Gasteiger partial charge in [-0.3, -0.25) is 14.8 Å². The molecule has 6 rings (SSSR count). The highest BCUT2D eigenvalue weighted by Gasteiger charge is 2.33. The minimum Gasteiger partial charge on any atom is -0.493 e. The zero-order chi connectivity index (χ0) is 26.3. The molecule has 4 aromatic rings. The van der Waals surface area contributed by atoms with Crippen molar-refractivity contribution in [3.8, 4) is 17.0 Å². The SMILES string of the molecule is O=C(N[C@@H]1CCCN(Cc2ccccc2C(F)(F)F)C1)c1ccc2[nH]nc(-c3ccc4c(c3)CCO4)c2c1. The molecule has 1 atom stereocenters. The molecule has 3 heterocycles. The lowest BCUT2D eigenvalue weighted by molar-refractivity contribution is -0.138. The van der Waals surface area contributed by atoms with Crippen molar-refractivity contribution in [2.45, 2.75) is 38.0 Å². The number of rotatable bonds is 5. The van der Waals surface area contributed by atoms with E-state index in [1.165, 1.54) is 12.1 Å². The van der Waals surface area contributed by atoms with E-state index in [0.29, 0.717) is 25.3 Å². The van der Waals surface area contributed by atoms with Gasteiger partial charge in [-0.1, -0.05) is 18.2 Å². The van der Waals surface area contributed by atoms with Gasteiger partial charge in [-0.05, 0) is 73.0 Å². The number of ether oxygens (including phenoxy) is 1. The van der Waals surface area contributed by atoms with Crippen molar-refractivity contribution < 1.29 is 22.7 Å². The van der Waals surface area contributed by atoms with Crippen molar-refractivity contribution in [3.05, 3.63) is 82.9 Å². The van der Waals surface area contributed by atoms with Gasteiger partial charge in [0.15, 0.2) is 0 Å². The summed E-state index contributed by atoms with van der Waals surface area (Å²) in [5, 5.41) is 11.5. The Kier molecular flexibility index (Phi) is 6.31. The first-order valence-corrected chi connectivity index (χ1v) is 12.8. The number of fused-ring (bicyclic) bond motifs is 2. The zero-order valence-electron chi connectivity index (χ0n) is 20.6. The molecule has 2 N–H and O–H groups in total. The number of piperidine rings is 1. The van der Waals surface area contributed by atoms with Crippen molar-refractivity contribution in [2.75, 3.05) is 19.7 Å². The molecule has 1 saturated heterocycles. The average Bonchev–Trinajstić information content (AvgIpc) is 3.54. The van der Waals surface area contributed by atoms with Crippen LogP contribution in [0.5, 0.6) is 5.75 Å². The molecule has 2 aliphatic rings. The Bertz CT molecular complexity index is 1500. The summed E-state index contributed by atoms with van der Waals surface area (Å²) in [7, 11) is 0. The Morgan fingerprint density at radius 3 is 2.87 bits per heavy atom. The van der Waals surface area contributed by atoms with Gasteiger partial charge in [0.2, 0.25) is 0 Å². The number of hydrogen-bond donors (Lipinski definition) is 2. The Morgan fingerprint density at radius 2 is 2.00 bits per heavy atom. The normalized spacial score (nSPS) is 17.8. The number of halogens is 3. The Labute approximate surface area is 217 Å². The van der Waals surface area contributed by atoms with Crippen LogP contribution in [0.15, 0.2) is 60.7 Å². The minimum atomic E-state index is -4.39. The predicted molar refractivity (Wildman–Crippen MR) is 138 cm³/mol. The fourth-order valence-corrected chi connectivity index (χ4v) is 5.47. The maximum Gasteiger partial charge on any atom is 0.416 e. The highest BCUT2D eigenvalue weighted by Crippen LogP contribution is 2.34. The number of amides is 1. The predicted octanol–water partition coefficient (Wildman–Crippen LogP) is 5.58. The minimum absolute atomic E-state index is 0.148. The summed E-state index contributed by atoms with van der Waals surface area (Å²) in [5.74, 6) is 0.695. The third-order valence-electron chi connectivity index (χ3n) is 7.35. The van der Waals surface area contributed by atoms with Crippen LogP contribution in [0, 0.1) is 0 Å². The van der Waals surface area contributed by atoms with Crippen LogP contribution >= 0.6 is 0 Å². The number of H-pyrrole nitrogens is 1. The van der Waals surface area contributed by atoms with Crippen LogP contribution in [0.4, 0.5) is 13.2 Å². The van der Waals surface area contributed by atoms with Gasteiger partial charge >= 0.3 is 6.18 Å². The lowest BCUT2D eigenvalue weighted by Gasteiger charge is -2.33. The second-order valence-corrected chi connectivity index (χ2v) is 9.96. The summed E-state index contributed by atoms with van der Waals surface area (Å²) in [6, 6.07) is 17.0. The van der Waals surface area contributed by atoms with Gasteiger partial charge in [0.05, 0.1) is 23.4 Å². The van der Waals surface area contributed by atoms with Crippen LogP contribution in [0.3, 0.4) is 0 Å². The molecule has 0 radical (unpaired) electrons. The van der Waals surface area contributed by atoms with E-state index in [-0.39, 0.29) is 24.1 Å². The summed E-state index contributed by atoms with van der Waals surface area (Å²) < 4.78 is 45.9. The van der Waals surface area contributed by atoms with Crippen LogP contribution in [0.2, 0.25) is 0 Å². The average molecular weight is 521 g/mol. The van der Waals surface area contributed by atoms with Crippen LogP contribution in [-0.4, -0.2) is 46.7 Å². The van der Waals surface area contributed by atoms with Crippen molar-refractivity contribution >= 4 is 16.8 Å². The fourth-order valence-electron chi connectivity index (χ4n) is 5.47. The molecule has 1 fully saturated rings. The largest absolute Gasteiger partial charge is 0.493 e. The summed E-state index contributed by atoms with van der Waals surface area (Å²) in [5.41, 5.74) is 3.88. The summed E-state index contributed by atoms with van der Waals surface area (Å²) in [6.07, 6.45) is -1.96. The number of alkyl halides is 3. The first-order valence-electron chi connectivity index (χ1n) is 12.8. The van der Waals surface area contributed by atoms with E-state index in [9.17, 15) is 18.0 Å². The van der Waals surface area contributed by atoms with Gasteiger partial charge in [-0.15, -0.1) is 0 Å². The molecule has 0 spiro atoms. The molecule has 0 aliphatic carbocycles. The summed E-state index contributed by atoms with van der Waals surface area (Å²) in [4.78, 5) is 15.2. The summed E-state index contributed by atoms with van der Waals surface area (Å²) in [6.45, 7) is 2.05. The smallest absolute Gasteiger partial charge is 0.416 e. The number of nitrogens with one attached hydrogen (secondary N) is 2. The number of carbonyl (C=O) groups is 1. The number of benzene rings is 3. The molecular weight excluding hydrogens is 493 g/mol. The summed E-state index contributed by atoms with van der Waals surface area (Å²) >= 11 is 0. The van der Waals surface area contributed by atoms with E-state index < -0.39 is 11.7 Å². The van der Waals surface area contributed by atoms with Gasteiger partial charge < -0.3 is 10.1 Å². The molecule has 2 aliphatic heterocycles. The Morgan fingerprint density at radius 1 is 1.13 bits per heavy atom. The van der Waals surface area contributed by atoms with E-state index in [0.717, 1.165) is 58.8 Å². The second-order valence-electron chi connectivity index (χ2n) is 9.96. The van der Waals surface area contributed by atoms with Crippen LogP contribution in [0.25, 0.3) is 22.2 Å². The van der Waals surface area contributed by atoms with Crippen molar-refractivity contribution in [3.63, 3.8) is 0 Å².